The monoisotopic (exact) mass is 327 g/mol. The molecule has 0 aliphatic carbocycles. The van der Waals surface area contributed by atoms with E-state index < -0.39 is 6.10 Å². The molecule has 0 bridgehead atoms. The predicted octanol–water partition coefficient (Wildman–Crippen LogP) is 1.03. The molecule has 0 aromatic heterocycles. The molecule has 1 aromatic carbocycles. The van der Waals surface area contributed by atoms with Gasteiger partial charge in [0.05, 0.1) is 5.69 Å². The van der Waals surface area contributed by atoms with Crippen LogP contribution in [0.3, 0.4) is 0 Å². The highest BCUT2D eigenvalue weighted by Gasteiger charge is 2.33. The maximum Gasteiger partial charge on any atom is 0.268 e. The summed E-state index contributed by atoms with van der Waals surface area (Å²) in [5.74, 6) is 0.257. The molecular weight excluding hydrogens is 306 g/mol. The number of amides is 2. The molecule has 1 aromatic rings. The highest BCUT2D eigenvalue weighted by atomic mass is 35.5. The molecule has 0 saturated heterocycles. The van der Waals surface area contributed by atoms with Crippen LogP contribution in [-0.4, -0.2) is 49.0 Å². The minimum Gasteiger partial charge on any atom is -0.479 e. The van der Waals surface area contributed by atoms with Gasteiger partial charge in [0, 0.05) is 19.6 Å². The number of hydrogen-bond donors (Lipinski definition) is 1. The molecule has 2 N–H and O–H groups in total. The normalized spacial score (nSPS) is 17.9. The summed E-state index contributed by atoms with van der Waals surface area (Å²) < 4.78 is 5.55. The molecule has 0 spiro atoms. The number of likely N-dealkylation sites (N-methyl/N-ethyl adjacent to an activating group) is 1. The van der Waals surface area contributed by atoms with E-state index in [9.17, 15) is 9.59 Å². The van der Waals surface area contributed by atoms with E-state index in [1.807, 2.05) is 19.1 Å². The Bertz CT molecular complexity index is 553. The first-order valence-electron chi connectivity index (χ1n) is 6.98. The lowest BCUT2D eigenvalue weighted by atomic mass is 10.2. The Morgan fingerprint density at radius 2 is 2.09 bits per heavy atom. The number of rotatable bonds is 4. The summed E-state index contributed by atoms with van der Waals surface area (Å²) in [6, 6.07) is 7.15. The van der Waals surface area contributed by atoms with Crippen molar-refractivity contribution in [3.63, 3.8) is 0 Å². The third-order valence-electron chi connectivity index (χ3n) is 3.76. The third kappa shape index (κ3) is 3.51. The summed E-state index contributed by atoms with van der Waals surface area (Å²) in [5.41, 5.74) is 6.20. The van der Waals surface area contributed by atoms with E-state index >= 15 is 0 Å². The molecular formula is C15H22ClN3O3. The Kier molecular flexibility index (Phi) is 6.20. The first-order chi connectivity index (χ1) is 9.95. The fourth-order valence-electron chi connectivity index (χ4n) is 2.17. The van der Waals surface area contributed by atoms with Crippen molar-refractivity contribution in [2.75, 3.05) is 25.0 Å². The zero-order valence-electron chi connectivity index (χ0n) is 13.0. The summed E-state index contributed by atoms with van der Waals surface area (Å²) in [5, 5.41) is 0. The van der Waals surface area contributed by atoms with Gasteiger partial charge in [0.1, 0.15) is 12.3 Å². The molecule has 2 amide bonds. The van der Waals surface area contributed by atoms with Crippen molar-refractivity contribution in [3.8, 4) is 5.75 Å². The quantitative estimate of drug-likeness (QED) is 0.896. The van der Waals surface area contributed by atoms with Crippen molar-refractivity contribution >= 4 is 29.9 Å². The van der Waals surface area contributed by atoms with E-state index in [0.717, 1.165) is 0 Å². The minimum atomic E-state index is -0.593. The smallest absolute Gasteiger partial charge is 0.268 e. The fraction of sp³-hybridized carbons (Fsp3) is 0.467. The van der Waals surface area contributed by atoms with Gasteiger partial charge in [0.15, 0.2) is 6.10 Å². The van der Waals surface area contributed by atoms with Gasteiger partial charge in [0.25, 0.3) is 5.91 Å². The molecule has 2 rings (SSSR count). The average molecular weight is 328 g/mol. The van der Waals surface area contributed by atoms with Crippen molar-refractivity contribution in [2.24, 2.45) is 5.73 Å². The SMILES string of the molecule is CC1Oc2ccccc2N(CC(=O)N(C)C(C)CN)C1=O.Cl. The number of benzene rings is 1. The largest absolute Gasteiger partial charge is 0.479 e. The van der Waals surface area contributed by atoms with Crippen LogP contribution in [0, 0.1) is 0 Å². The molecule has 1 heterocycles. The van der Waals surface area contributed by atoms with Gasteiger partial charge in [-0.15, -0.1) is 12.4 Å². The molecule has 122 valence electrons. The molecule has 1 aliphatic rings. The van der Waals surface area contributed by atoms with Crippen LogP contribution >= 0.6 is 12.4 Å². The zero-order valence-corrected chi connectivity index (χ0v) is 13.8. The molecule has 1 aliphatic heterocycles. The number of hydrogen-bond acceptors (Lipinski definition) is 4. The van der Waals surface area contributed by atoms with Gasteiger partial charge in [-0.05, 0) is 26.0 Å². The second-order valence-electron chi connectivity index (χ2n) is 5.24. The van der Waals surface area contributed by atoms with Crippen LogP contribution in [0.25, 0.3) is 0 Å². The maximum atomic E-state index is 12.3. The first-order valence-corrected chi connectivity index (χ1v) is 6.98. The Morgan fingerprint density at radius 1 is 1.45 bits per heavy atom. The van der Waals surface area contributed by atoms with Crippen molar-refractivity contribution in [3.05, 3.63) is 24.3 Å². The van der Waals surface area contributed by atoms with Gasteiger partial charge in [-0.2, -0.15) is 0 Å². The summed E-state index contributed by atoms with van der Waals surface area (Å²) in [4.78, 5) is 27.6. The van der Waals surface area contributed by atoms with Crippen LogP contribution in [0.2, 0.25) is 0 Å². The standard InChI is InChI=1S/C15H21N3O3.ClH/c1-10(8-16)17(3)14(19)9-18-12-6-4-5-7-13(12)21-11(2)15(18)20;/h4-7,10-11H,8-9,16H2,1-3H3;1H. The molecule has 6 nitrogen and oxygen atoms in total. The van der Waals surface area contributed by atoms with Crippen molar-refractivity contribution in [2.45, 2.75) is 26.0 Å². The number of anilines is 1. The predicted molar refractivity (Wildman–Crippen MR) is 87.4 cm³/mol. The Hall–Kier alpha value is -1.79. The second kappa shape index (κ2) is 7.47. The van der Waals surface area contributed by atoms with E-state index in [4.69, 9.17) is 10.5 Å². The van der Waals surface area contributed by atoms with E-state index in [-0.39, 0.29) is 36.8 Å². The number of para-hydroxylation sites is 2. The molecule has 0 radical (unpaired) electrons. The highest BCUT2D eigenvalue weighted by molar-refractivity contribution is 6.03. The fourth-order valence-corrected chi connectivity index (χ4v) is 2.17. The van der Waals surface area contributed by atoms with E-state index in [1.165, 1.54) is 4.90 Å². The lowest BCUT2D eigenvalue weighted by Gasteiger charge is -2.34. The van der Waals surface area contributed by atoms with Crippen LogP contribution < -0.4 is 15.4 Å². The van der Waals surface area contributed by atoms with Gasteiger partial charge in [0.2, 0.25) is 5.91 Å². The Balaban J connectivity index is 0.00000242. The number of carbonyl (C=O) groups excluding carboxylic acids is 2. The summed E-state index contributed by atoms with van der Waals surface area (Å²) in [6.07, 6.45) is -0.593. The van der Waals surface area contributed by atoms with Crippen LogP contribution in [0.5, 0.6) is 5.75 Å². The minimum absolute atomic E-state index is 0. The Labute approximate surface area is 136 Å². The summed E-state index contributed by atoms with van der Waals surface area (Å²) >= 11 is 0. The molecule has 0 saturated carbocycles. The number of nitrogens with two attached hydrogens (primary N) is 1. The molecule has 7 heteroatoms. The lowest BCUT2D eigenvalue weighted by Crippen LogP contribution is -2.51. The number of ether oxygens (including phenoxy) is 1. The van der Waals surface area contributed by atoms with Crippen molar-refractivity contribution < 1.29 is 14.3 Å². The van der Waals surface area contributed by atoms with Gasteiger partial charge in [-0.3, -0.25) is 14.5 Å². The topological polar surface area (TPSA) is 75.9 Å². The van der Waals surface area contributed by atoms with Crippen molar-refractivity contribution in [1.82, 2.24) is 4.90 Å². The van der Waals surface area contributed by atoms with E-state index in [0.29, 0.717) is 18.0 Å². The van der Waals surface area contributed by atoms with Crippen LogP contribution in [0.15, 0.2) is 24.3 Å². The first kappa shape index (κ1) is 18.3. The average Bonchev–Trinajstić information content (AvgIpc) is 2.49. The number of fused-ring (bicyclic) bond motifs is 1. The van der Waals surface area contributed by atoms with E-state index in [2.05, 4.69) is 0 Å². The van der Waals surface area contributed by atoms with Crippen LogP contribution in [-0.2, 0) is 9.59 Å². The number of carbonyl (C=O) groups is 2. The molecule has 22 heavy (non-hydrogen) atoms. The zero-order chi connectivity index (χ0) is 15.6. The number of nitrogens with zero attached hydrogens (tertiary/aromatic N) is 2. The second-order valence-corrected chi connectivity index (χ2v) is 5.24. The number of halogens is 1. The van der Waals surface area contributed by atoms with Crippen LogP contribution in [0.1, 0.15) is 13.8 Å². The van der Waals surface area contributed by atoms with Crippen LogP contribution in [0.4, 0.5) is 5.69 Å². The highest BCUT2D eigenvalue weighted by Crippen LogP contribution is 2.33. The third-order valence-corrected chi connectivity index (χ3v) is 3.76. The molecule has 2 unspecified atom stereocenters. The Morgan fingerprint density at radius 3 is 2.73 bits per heavy atom. The van der Waals surface area contributed by atoms with Gasteiger partial charge < -0.3 is 15.4 Å². The van der Waals surface area contributed by atoms with Crippen molar-refractivity contribution in [1.29, 1.82) is 0 Å². The van der Waals surface area contributed by atoms with Gasteiger partial charge in [-0.25, -0.2) is 0 Å². The molecule has 0 fully saturated rings. The summed E-state index contributed by atoms with van der Waals surface area (Å²) in [6.45, 7) is 3.92. The maximum absolute atomic E-state index is 12.3. The van der Waals surface area contributed by atoms with Gasteiger partial charge >= 0.3 is 0 Å². The lowest BCUT2D eigenvalue weighted by molar-refractivity contribution is -0.133. The molecule has 2 atom stereocenters. The van der Waals surface area contributed by atoms with E-state index in [1.54, 1.807) is 31.0 Å². The summed E-state index contributed by atoms with van der Waals surface area (Å²) in [7, 11) is 1.69. The van der Waals surface area contributed by atoms with Gasteiger partial charge in [-0.1, -0.05) is 12.1 Å².